The van der Waals surface area contributed by atoms with Crippen molar-refractivity contribution in [3.05, 3.63) is 12.2 Å². The number of aromatic nitrogens is 3. The van der Waals surface area contributed by atoms with Gasteiger partial charge in [0.1, 0.15) is 6.33 Å². The van der Waals surface area contributed by atoms with Crippen molar-refractivity contribution >= 4 is 5.91 Å². The molecule has 1 aromatic rings. The van der Waals surface area contributed by atoms with Gasteiger partial charge in [-0.1, -0.05) is 6.92 Å². The van der Waals surface area contributed by atoms with E-state index in [0.29, 0.717) is 6.54 Å². The Morgan fingerprint density at radius 1 is 1.69 bits per heavy atom. The van der Waals surface area contributed by atoms with Crippen LogP contribution in [0.4, 0.5) is 0 Å². The lowest BCUT2D eigenvalue weighted by Gasteiger charge is -2.34. The molecule has 16 heavy (non-hydrogen) atoms. The number of hydrogen-bond donors (Lipinski definition) is 3. The van der Waals surface area contributed by atoms with Crippen LogP contribution in [0.2, 0.25) is 0 Å². The Kier molecular flexibility index (Phi) is 3.19. The number of amides is 1. The summed E-state index contributed by atoms with van der Waals surface area (Å²) in [7, 11) is 0. The Hall–Kier alpha value is -1.43. The van der Waals surface area contributed by atoms with E-state index in [1.54, 1.807) is 0 Å². The largest absolute Gasteiger partial charge is 0.349 e. The fourth-order valence-electron chi connectivity index (χ4n) is 1.96. The molecule has 0 spiro atoms. The molecule has 0 radical (unpaired) electrons. The van der Waals surface area contributed by atoms with Gasteiger partial charge < -0.3 is 10.6 Å². The summed E-state index contributed by atoms with van der Waals surface area (Å²) in [5, 5.41) is 12.4. The summed E-state index contributed by atoms with van der Waals surface area (Å²) < 4.78 is 0. The maximum atomic E-state index is 11.6. The van der Waals surface area contributed by atoms with E-state index < -0.39 is 0 Å². The standard InChI is InChI=1S/C10H17N5O/c1-10(3-2-4-11-5-10)6-12-9(16)8-13-7-14-15-8/h7,11H,2-6H2,1H3,(H,12,16)(H,13,14,15). The Morgan fingerprint density at radius 2 is 2.56 bits per heavy atom. The molecule has 1 saturated heterocycles. The Balaban J connectivity index is 1.84. The van der Waals surface area contributed by atoms with Crippen molar-refractivity contribution in [2.75, 3.05) is 19.6 Å². The van der Waals surface area contributed by atoms with Crippen LogP contribution >= 0.6 is 0 Å². The molecule has 0 aliphatic carbocycles. The van der Waals surface area contributed by atoms with Crippen LogP contribution in [0.1, 0.15) is 30.4 Å². The first-order valence-corrected chi connectivity index (χ1v) is 5.54. The highest BCUT2D eigenvalue weighted by Crippen LogP contribution is 2.24. The predicted molar refractivity (Wildman–Crippen MR) is 58.9 cm³/mol. The molecule has 0 aromatic carbocycles. The van der Waals surface area contributed by atoms with Gasteiger partial charge in [-0.3, -0.25) is 9.89 Å². The van der Waals surface area contributed by atoms with Crippen molar-refractivity contribution in [2.45, 2.75) is 19.8 Å². The molecule has 6 heteroatoms. The van der Waals surface area contributed by atoms with E-state index in [1.165, 1.54) is 6.33 Å². The van der Waals surface area contributed by atoms with Crippen LogP contribution < -0.4 is 10.6 Å². The van der Waals surface area contributed by atoms with E-state index >= 15 is 0 Å². The summed E-state index contributed by atoms with van der Waals surface area (Å²) >= 11 is 0. The molecule has 1 amide bonds. The zero-order valence-corrected chi connectivity index (χ0v) is 9.42. The molecular weight excluding hydrogens is 206 g/mol. The van der Waals surface area contributed by atoms with Crippen LogP contribution in [0.15, 0.2) is 6.33 Å². The summed E-state index contributed by atoms with van der Waals surface area (Å²) in [4.78, 5) is 15.4. The van der Waals surface area contributed by atoms with E-state index in [1.807, 2.05) is 0 Å². The van der Waals surface area contributed by atoms with Crippen LogP contribution in [0.5, 0.6) is 0 Å². The lowest BCUT2D eigenvalue weighted by atomic mass is 9.83. The lowest BCUT2D eigenvalue weighted by Crippen LogP contribution is -2.45. The lowest BCUT2D eigenvalue weighted by molar-refractivity contribution is 0.0914. The molecule has 1 aromatic heterocycles. The molecule has 6 nitrogen and oxygen atoms in total. The van der Waals surface area contributed by atoms with Crippen LogP contribution in [0.25, 0.3) is 0 Å². The van der Waals surface area contributed by atoms with E-state index in [-0.39, 0.29) is 17.1 Å². The van der Waals surface area contributed by atoms with E-state index in [0.717, 1.165) is 25.9 Å². The average Bonchev–Trinajstić information content (AvgIpc) is 2.80. The third-order valence-electron chi connectivity index (χ3n) is 2.99. The van der Waals surface area contributed by atoms with E-state index in [9.17, 15) is 4.79 Å². The molecule has 3 N–H and O–H groups in total. The Morgan fingerprint density at radius 3 is 3.19 bits per heavy atom. The highest BCUT2D eigenvalue weighted by atomic mass is 16.2. The summed E-state index contributed by atoms with van der Waals surface area (Å²) in [6, 6.07) is 0. The Bertz CT molecular complexity index is 342. The van der Waals surface area contributed by atoms with Crippen molar-refractivity contribution in [1.82, 2.24) is 25.8 Å². The number of hydrogen-bond acceptors (Lipinski definition) is 4. The summed E-state index contributed by atoms with van der Waals surface area (Å²) in [6.45, 7) is 4.87. The molecule has 1 fully saturated rings. The van der Waals surface area contributed by atoms with Gasteiger partial charge in [-0.25, -0.2) is 4.98 Å². The molecule has 1 aliphatic rings. The summed E-state index contributed by atoms with van der Waals surface area (Å²) in [5.41, 5.74) is 0.147. The summed E-state index contributed by atoms with van der Waals surface area (Å²) in [5.74, 6) is 0.0802. The number of nitrogens with zero attached hydrogens (tertiary/aromatic N) is 2. The van der Waals surface area contributed by atoms with Gasteiger partial charge in [0.25, 0.3) is 5.91 Å². The number of piperidine rings is 1. The molecular formula is C10H17N5O. The van der Waals surface area contributed by atoms with Gasteiger partial charge >= 0.3 is 0 Å². The minimum atomic E-state index is -0.190. The highest BCUT2D eigenvalue weighted by molar-refractivity contribution is 5.90. The number of nitrogens with one attached hydrogen (secondary N) is 3. The van der Waals surface area contributed by atoms with Crippen LogP contribution in [0, 0.1) is 5.41 Å². The molecule has 1 aliphatic heterocycles. The average molecular weight is 223 g/mol. The topological polar surface area (TPSA) is 82.7 Å². The monoisotopic (exact) mass is 223 g/mol. The molecule has 88 valence electrons. The molecule has 1 unspecified atom stereocenters. The van der Waals surface area contributed by atoms with Crippen molar-refractivity contribution in [3.63, 3.8) is 0 Å². The van der Waals surface area contributed by atoms with Crippen molar-refractivity contribution < 1.29 is 4.79 Å². The number of rotatable bonds is 3. The van der Waals surface area contributed by atoms with Crippen LogP contribution in [0.3, 0.4) is 0 Å². The third kappa shape index (κ3) is 2.57. The highest BCUT2D eigenvalue weighted by Gasteiger charge is 2.27. The number of carbonyl (C=O) groups is 1. The second-order valence-electron chi connectivity index (χ2n) is 4.61. The molecule has 0 bridgehead atoms. The third-order valence-corrected chi connectivity index (χ3v) is 2.99. The van der Waals surface area contributed by atoms with Crippen molar-refractivity contribution in [3.8, 4) is 0 Å². The van der Waals surface area contributed by atoms with Gasteiger partial charge in [-0.2, -0.15) is 5.10 Å². The Labute approximate surface area is 94.2 Å². The van der Waals surface area contributed by atoms with Crippen LogP contribution in [-0.2, 0) is 0 Å². The molecule has 2 rings (SSSR count). The van der Waals surface area contributed by atoms with Gasteiger partial charge in [0.2, 0.25) is 5.82 Å². The summed E-state index contributed by atoms with van der Waals surface area (Å²) in [6.07, 6.45) is 3.63. The van der Waals surface area contributed by atoms with Crippen molar-refractivity contribution in [1.29, 1.82) is 0 Å². The van der Waals surface area contributed by atoms with Gasteiger partial charge in [0.05, 0.1) is 0 Å². The first kappa shape index (κ1) is 11.1. The van der Waals surface area contributed by atoms with E-state index in [2.05, 4.69) is 32.7 Å². The molecule has 0 saturated carbocycles. The first-order chi connectivity index (χ1) is 7.70. The second-order valence-corrected chi connectivity index (χ2v) is 4.61. The van der Waals surface area contributed by atoms with Crippen molar-refractivity contribution in [2.24, 2.45) is 5.41 Å². The minimum Gasteiger partial charge on any atom is -0.349 e. The SMILES string of the molecule is CC1(CNC(=O)c2ncn[nH]2)CCCNC1. The smallest absolute Gasteiger partial charge is 0.288 e. The fraction of sp³-hybridized carbons (Fsp3) is 0.700. The number of carbonyl (C=O) groups excluding carboxylic acids is 1. The van der Waals surface area contributed by atoms with Crippen LogP contribution in [-0.4, -0.2) is 40.7 Å². The molecule has 1 atom stereocenters. The van der Waals surface area contributed by atoms with Gasteiger partial charge in [0.15, 0.2) is 0 Å². The molecule has 2 heterocycles. The van der Waals surface area contributed by atoms with E-state index in [4.69, 9.17) is 0 Å². The zero-order valence-electron chi connectivity index (χ0n) is 9.42. The first-order valence-electron chi connectivity index (χ1n) is 5.54. The zero-order chi connectivity index (χ0) is 11.4. The second kappa shape index (κ2) is 4.61. The fourth-order valence-corrected chi connectivity index (χ4v) is 1.96. The number of H-pyrrole nitrogens is 1. The van der Waals surface area contributed by atoms with Gasteiger partial charge in [-0.05, 0) is 24.8 Å². The maximum Gasteiger partial charge on any atom is 0.288 e. The predicted octanol–water partition coefficient (Wildman–Crippen LogP) is -0.0758. The maximum absolute atomic E-state index is 11.6. The van der Waals surface area contributed by atoms with Gasteiger partial charge in [-0.15, -0.1) is 0 Å². The quantitative estimate of drug-likeness (QED) is 0.669. The van der Waals surface area contributed by atoms with Gasteiger partial charge in [0, 0.05) is 13.1 Å². The minimum absolute atomic E-state index is 0.147. The normalized spacial score (nSPS) is 25.3. The number of aromatic amines is 1.